The number of thiol groups is 1. The smallest absolute Gasteiger partial charge is 0.382 e. The van der Waals surface area contributed by atoms with Gasteiger partial charge in [-0.2, -0.15) is 4.98 Å². The van der Waals surface area contributed by atoms with E-state index >= 15 is 4.39 Å². The Hall–Kier alpha value is -2.62. The van der Waals surface area contributed by atoms with Crippen molar-refractivity contribution in [3.8, 4) is 0 Å². The molecular formula is C23H27FN10O9P2S2. The van der Waals surface area contributed by atoms with Crippen LogP contribution in [0.3, 0.4) is 0 Å². The van der Waals surface area contributed by atoms with E-state index in [0.717, 1.165) is 0 Å². The summed E-state index contributed by atoms with van der Waals surface area (Å²) in [5, 5.41) is 0. The van der Waals surface area contributed by atoms with E-state index in [1.54, 1.807) is 4.57 Å². The number of imidazole rings is 2. The number of nitrogens with one attached hydrogen (secondary N) is 1. The standard InChI is InChI=1S/C23H27FN10O9P2S2/c1-2-9-19(33-7-29-12-15(25)27-6-28-16(12)33)41-22-4-23(9,22)43-45(37,47)38-3-10-11(24)14(42-44(36,46)39-5-22)20(40-10)34-8-30-13-17(34)31-21(26)32-18(13)35/h6-11,14,19-20H,2-5H2,1H3,(H,36,46)(H,37,47)(H2,25,27,28)(H3,26,31,32,35)/t9-,10+,11+,14+,19+,20+,22+,23-,44?,45?/m0/s1. The monoisotopic (exact) mass is 732 g/mol. The first-order chi connectivity index (χ1) is 22.3. The van der Waals surface area contributed by atoms with E-state index in [0.29, 0.717) is 17.6 Å². The van der Waals surface area contributed by atoms with Gasteiger partial charge >= 0.3 is 13.5 Å². The Labute approximate surface area is 273 Å². The number of aromatic nitrogens is 8. The van der Waals surface area contributed by atoms with E-state index in [4.69, 9.17) is 50.8 Å². The van der Waals surface area contributed by atoms with E-state index in [-0.39, 0.29) is 29.4 Å². The van der Waals surface area contributed by atoms with E-state index in [1.165, 1.54) is 23.5 Å². The molecule has 47 heavy (non-hydrogen) atoms. The molecule has 7 heterocycles. The van der Waals surface area contributed by atoms with Crippen molar-refractivity contribution in [2.24, 2.45) is 5.92 Å². The number of nitrogens with zero attached hydrogens (tertiary/aromatic N) is 7. The lowest BCUT2D eigenvalue weighted by Gasteiger charge is -2.29. The third-order valence-electron chi connectivity index (χ3n) is 8.97. The lowest BCUT2D eigenvalue weighted by atomic mass is 9.95. The molecule has 1 aliphatic carbocycles. The zero-order valence-corrected chi connectivity index (χ0v) is 27.7. The average Bonchev–Trinajstić information content (AvgIpc) is 3.46. The molecule has 3 saturated heterocycles. The predicted octanol–water partition coefficient (Wildman–Crippen LogP) is 1.50. The lowest BCUT2D eigenvalue weighted by molar-refractivity contribution is -0.0742. The molecule has 0 radical (unpaired) electrons. The van der Waals surface area contributed by atoms with Gasteiger partial charge in [0.2, 0.25) is 5.95 Å². The number of fused-ring (bicyclic) bond motifs is 4. The molecule has 4 aliphatic rings. The molecule has 2 bridgehead atoms. The minimum absolute atomic E-state index is 0.0493. The molecule has 0 spiro atoms. The number of rotatable bonds is 3. The summed E-state index contributed by atoms with van der Waals surface area (Å²) in [4.78, 5) is 46.7. The maximum atomic E-state index is 16.0. The van der Waals surface area contributed by atoms with Gasteiger partial charge in [-0.05, 0) is 18.2 Å². The van der Waals surface area contributed by atoms with Crippen molar-refractivity contribution >= 4 is 71.7 Å². The van der Waals surface area contributed by atoms with E-state index in [1.807, 2.05) is 6.92 Å². The Balaban J connectivity index is 1.15. The maximum absolute atomic E-state index is 16.0. The van der Waals surface area contributed by atoms with Crippen molar-refractivity contribution in [3.05, 3.63) is 29.3 Å². The number of hydrogen-bond donors (Lipinski definition) is 5. The van der Waals surface area contributed by atoms with Gasteiger partial charge in [0, 0.05) is 12.3 Å². The van der Waals surface area contributed by atoms with Gasteiger partial charge < -0.3 is 30.4 Å². The number of nitrogen functional groups attached to an aromatic ring is 2. The lowest BCUT2D eigenvalue weighted by Crippen LogP contribution is -2.33. The fourth-order valence-electron chi connectivity index (χ4n) is 6.83. The minimum atomic E-state index is -4.26. The summed E-state index contributed by atoms with van der Waals surface area (Å²) in [6, 6.07) is 0. The Morgan fingerprint density at radius 3 is 2.68 bits per heavy atom. The van der Waals surface area contributed by atoms with Crippen LogP contribution in [0, 0.1) is 5.92 Å². The molecule has 4 aromatic rings. The third kappa shape index (κ3) is 4.88. The molecule has 19 nitrogen and oxygen atoms in total. The molecule has 252 valence electrons. The number of anilines is 2. The van der Waals surface area contributed by atoms with Gasteiger partial charge in [0.1, 0.15) is 41.5 Å². The molecule has 4 fully saturated rings. The first-order valence-electron chi connectivity index (χ1n) is 14.2. The Morgan fingerprint density at radius 2 is 1.91 bits per heavy atom. The number of aromatic amines is 1. The maximum Gasteiger partial charge on any atom is 0.386 e. The van der Waals surface area contributed by atoms with Crippen LogP contribution in [0.1, 0.15) is 32.2 Å². The SMILES string of the molecule is CC[C@H]1[C@H](n2cnc3c(N)ncnc32)O[C@]23COP(O)(=S)O[C@@H]4[C@H](F)[C@@H](COP(=O)(S)O[C@@]12C3)O[C@H]4n1cnc2c(=O)[nH]c(N)nc21. The van der Waals surface area contributed by atoms with Crippen molar-refractivity contribution in [2.75, 3.05) is 24.7 Å². The molecule has 0 amide bonds. The molecule has 4 aromatic heterocycles. The second-order valence-electron chi connectivity index (χ2n) is 11.6. The van der Waals surface area contributed by atoms with Gasteiger partial charge in [-0.3, -0.25) is 32.5 Å². The number of H-pyrrole nitrogens is 1. The van der Waals surface area contributed by atoms with Crippen LogP contribution in [-0.2, 0) is 43.9 Å². The third-order valence-corrected chi connectivity index (χ3v) is 12.1. The molecule has 24 heteroatoms. The van der Waals surface area contributed by atoms with Gasteiger partial charge in [-0.1, -0.05) is 19.2 Å². The summed E-state index contributed by atoms with van der Waals surface area (Å²) in [6.45, 7) is -7.64. The highest BCUT2D eigenvalue weighted by Crippen LogP contribution is 2.75. The summed E-state index contributed by atoms with van der Waals surface area (Å²) >= 11 is 9.59. The van der Waals surface area contributed by atoms with Crippen molar-refractivity contribution in [3.63, 3.8) is 0 Å². The fourth-order valence-corrected chi connectivity index (χ4v) is 10.0. The van der Waals surface area contributed by atoms with Gasteiger partial charge in [0.25, 0.3) is 5.56 Å². The summed E-state index contributed by atoms with van der Waals surface area (Å²) in [7, 11) is 0. The first-order valence-corrected chi connectivity index (χ1v) is 19.5. The fraction of sp³-hybridized carbons (Fsp3) is 0.565. The van der Waals surface area contributed by atoms with Crippen LogP contribution in [0.25, 0.3) is 22.3 Å². The van der Waals surface area contributed by atoms with Crippen LogP contribution in [0.5, 0.6) is 0 Å². The molecule has 3 aliphatic heterocycles. The highest BCUT2D eigenvalue weighted by molar-refractivity contribution is 8.44. The number of nitrogens with two attached hydrogens (primary N) is 2. The van der Waals surface area contributed by atoms with E-state index in [2.05, 4.69) is 42.2 Å². The highest BCUT2D eigenvalue weighted by Gasteiger charge is 2.82. The average molecular weight is 733 g/mol. The molecule has 10 atom stereocenters. The summed E-state index contributed by atoms with van der Waals surface area (Å²) in [6.07, 6.45) is -2.64. The van der Waals surface area contributed by atoms with Crippen LogP contribution < -0.4 is 17.0 Å². The van der Waals surface area contributed by atoms with Crippen molar-refractivity contribution in [1.82, 2.24) is 39.0 Å². The normalized spacial score (nSPS) is 40.4. The van der Waals surface area contributed by atoms with Crippen LogP contribution in [0.15, 0.2) is 23.8 Å². The van der Waals surface area contributed by atoms with Gasteiger partial charge in [0.05, 0.1) is 25.9 Å². The predicted molar refractivity (Wildman–Crippen MR) is 166 cm³/mol. The van der Waals surface area contributed by atoms with Crippen LogP contribution >= 0.6 is 25.8 Å². The summed E-state index contributed by atoms with van der Waals surface area (Å²) in [5.41, 5.74) is 9.06. The minimum Gasteiger partial charge on any atom is -0.382 e. The van der Waals surface area contributed by atoms with Crippen molar-refractivity contribution in [1.29, 1.82) is 0 Å². The number of ether oxygens (including phenoxy) is 2. The van der Waals surface area contributed by atoms with Crippen LogP contribution in [0.4, 0.5) is 16.2 Å². The van der Waals surface area contributed by atoms with E-state index in [9.17, 15) is 14.3 Å². The Kier molecular flexibility index (Phi) is 7.19. The Morgan fingerprint density at radius 1 is 1.17 bits per heavy atom. The zero-order chi connectivity index (χ0) is 33.1. The molecule has 6 N–H and O–H groups in total. The van der Waals surface area contributed by atoms with Gasteiger partial charge in [0.15, 0.2) is 35.0 Å². The zero-order valence-electron chi connectivity index (χ0n) is 24.2. The summed E-state index contributed by atoms with van der Waals surface area (Å²) < 4.78 is 68.6. The topological polar surface area (TPSA) is 252 Å². The highest BCUT2D eigenvalue weighted by atomic mass is 32.7. The Bertz CT molecular complexity index is 2090. The second kappa shape index (κ2) is 10.7. The number of halogens is 1. The van der Waals surface area contributed by atoms with Crippen LogP contribution in [0.2, 0.25) is 0 Å². The van der Waals surface area contributed by atoms with E-state index < -0.39 is 80.2 Å². The number of alkyl halides is 1. The van der Waals surface area contributed by atoms with Gasteiger partial charge in [-0.25, -0.2) is 28.9 Å². The quantitative estimate of drug-likeness (QED) is 0.148. The largest absolute Gasteiger partial charge is 0.386 e. The number of hydrogen-bond acceptors (Lipinski definition) is 16. The van der Waals surface area contributed by atoms with Crippen molar-refractivity contribution in [2.45, 2.75) is 61.8 Å². The molecular weight excluding hydrogens is 705 g/mol. The van der Waals surface area contributed by atoms with Gasteiger partial charge in [-0.15, -0.1) is 0 Å². The molecule has 8 rings (SSSR count). The summed E-state index contributed by atoms with van der Waals surface area (Å²) in [5.74, 6) is -0.546. The molecule has 0 aromatic carbocycles. The molecule has 2 unspecified atom stereocenters. The van der Waals surface area contributed by atoms with Crippen LogP contribution in [-0.4, -0.2) is 86.7 Å². The first kappa shape index (κ1) is 31.6. The second-order valence-corrected chi connectivity index (χ2v) is 17.3. The van der Waals surface area contributed by atoms with Crippen molar-refractivity contribution < 1.29 is 41.4 Å². The molecule has 1 saturated carbocycles.